The average Bonchev–Trinajstić information content (AvgIpc) is 3.12. The van der Waals surface area contributed by atoms with Crippen LogP contribution in [-0.4, -0.2) is 50.0 Å². The van der Waals surface area contributed by atoms with Gasteiger partial charge in [0.1, 0.15) is 0 Å². The molecule has 0 unspecified atom stereocenters. The molecule has 0 aliphatic carbocycles. The zero-order valence-electron chi connectivity index (χ0n) is 13.2. The first-order valence-corrected chi connectivity index (χ1v) is 7.82. The number of hydrogen-bond donors (Lipinski definition) is 0. The number of nitrogens with zero attached hydrogens (tertiary/aromatic N) is 5. The largest absolute Gasteiger partial charge is 0.418 e. The standard InChI is InChI=1S/C16H19N5O2/c1-11-8-20(9-12(2)22-11)10-15-17-18-16(23-15)14-7-13-5-3-4-6-21(13)19-14/h3-7,11-12H,8-10H2,1-2H3/t11-,12-/m0/s1. The Bertz CT molecular complexity index is 769. The Hall–Kier alpha value is -2.25. The molecule has 0 aromatic carbocycles. The maximum Gasteiger partial charge on any atom is 0.268 e. The number of rotatable bonds is 3. The predicted molar refractivity (Wildman–Crippen MR) is 83.8 cm³/mol. The van der Waals surface area contributed by atoms with Crippen LogP contribution in [0.2, 0.25) is 0 Å². The van der Waals surface area contributed by atoms with E-state index < -0.39 is 0 Å². The molecule has 4 rings (SSSR count). The van der Waals surface area contributed by atoms with Crippen molar-refractivity contribution in [2.75, 3.05) is 13.1 Å². The third kappa shape index (κ3) is 2.97. The summed E-state index contributed by atoms with van der Waals surface area (Å²) in [7, 11) is 0. The Balaban J connectivity index is 1.52. The minimum atomic E-state index is 0.222. The number of fused-ring (bicyclic) bond motifs is 1. The molecular formula is C16H19N5O2. The second-order valence-corrected chi connectivity index (χ2v) is 6.05. The van der Waals surface area contributed by atoms with Gasteiger partial charge in [0.05, 0.1) is 24.3 Å². The molecule has 7 nitrogen and oxygen atoms in total. The van der Waals surface area contributed by atoms with Gasteiger partial charge in [-0.25, -0.2) is 4.52 Å². The van der Waals surface area contributed by atoms with Gasteiger partial charge in [-0.1, -0.05) is 6.07 Å². The first-order valence-electron chi connectivity index (χ1n) is 7.82. The van der Waals surface area contributed by atoms with E-state index >= 15 is 0 Å². The first kappa shape index (κ1) is 14.3. The van der Waals surface area contributed by atoms with Gasteiger partial charge in [-0.3, -0.25) is 4.90 Å². The molecule has 0 bridgehead atoms. The molecule has 0 saturated carbocycles. The summed E-state index contributed by atoms with van der Waals surface area (Å²) in [6.07, 6.45) is 2.34. The molecule has 2 atom stereocenters. The molecule has 0 N–H and O–H groups in total. The van der Waals surface area contributed by atoms with Crippen LogP contribution in [0.5, 0.6) is 0 Å². The molecule has 1 aliphatic rings. The monoisotopic (exact) mass is 313 g/mol. The Labute approximate surface area is 133 Å². The molecule has 1 fully saturated rings. The maximum absolute atomic E-state index is 5.79. The Kier molecular flexibility index (Phi) is 3.59. The van der Waals surface area contributed by atoms with Crippen LogP contribution in [0, 0.1) is 0 Å². The SMILES string of the molecule is C[C@H]1CN(Cc2nnc(-c3cc4ccccn4n3)o2)C[C@H](C)O1. The normalized spacial score (nSPS) is 22.7. The van der Waals surface area contributed by atoms with Crippen LogP contribution in [0.3, 0.4) is 0 Å². The Morgan fingerprint density at radius 2 is 2.00 bits per heavy atom. The summed E-state index contributed by atoms with van der Waals surface area (Å²) in [5.41, 5.74) is 1.69. The van der Waals surface area contributed by atoms with Gasteiger partial charge >= 0.3 is 0 Å². The van der Waals surface area contributed by atoms with Crippen LogP contribution >= 0.6 is 0 Å². The molecule has 120 valence electrons. The average molecular weight is 313 g/mol. The molecule has 1 saturated heterocycles. The van der Waals surface area contributed by atoms with Crippen molar-refractivity contribution in [1.29, 1.82) is 0 Å². The number of aromatic nitrogens is 4. The predicted octanol–water partition coefficient (Wildman–Crippen LogP) is 1.99. The van der Waals surface area contributed by atoms with Gasteiger partial charge in [0, 0.05) is 19.3 Å². The number of hydrogen-bond acceptors (Lipinski definition) is 6. The highest BCUT2D eigenvalue weighted by atomic mass is 16.5. The van der Waals surface area contributed by atoms with E-state index in [2.05, 4.69) is 34.0 Å². The van der Waals surface area contributed by atoms with Crippen LogP contribution in [-0.2, 0) is 11.3 Å². The van der Waals surface area contributed by atoms with Crippen LogP contribution in [0.15, 0.2) is 34.9 Å². The summed E-state index contributed by atoms with van der Waals surface area (Å²) in [6, 6.07) is 7.84. The van der Waals surface area contributed by atoms with E-state index in [1.807, 2.05) is 30.5 Å². The molecule has 3 aromatic rings. The summed E-state index contributed by atoms with van der Waals surface area (Å²) in [6.45, 7) is 6.54. The number of pyridine rings is 1. The lowest BCUT2D eigenvalue weighted by Crippen LogP contribution is -2.44. The van der Waals surface area contributed by atoms with Gasteiger partial charge in [-0.15, -0.1) is 10.2 Å². The fraction of sp³-hybridized carbons (Fsp3) is 0.438. The van der Waals surface area contributed by atoms with Crippen molar-refractivity contribution in [2.45, 2.75) is 32.6 Å². The lowest BCUT2D eigenvalue weighted by atomic mass is 10.2. The molecule has 1 aliphatic heterocycles. The summed E-state index contributed by atoms with van der Waals surface area (Å²) >= 11 is 0. The molecule has 0 radical (unpaired) electrons. The number of ether oxygens (including phenoxy) is 1. The molecule has 3 aromatic heterocycles. The fourth-order valence-electron chi connectivity index (χ4n) is 3.07. The smallest absolute Gasteiger partial charge is 0.268 e. The lowest BCUT2D eigenvalue weighted by Gasteiger charge is -2.34. The van der Waals surface area contributed by atoms with E-state index in [9.17, 15) is 0 Å². The molecule has 0 amide bonds. The fourth-order valence-corrected chi connectivity index (χ4v) is 3.07. The van der Waals surface area contributed by atoms with Gasteiger partial charge in [-0.05, 0) is 32.0 Å². The highest BCUT2D eigenvalue weighted by molar-refractivity contribution is 5.59. The van der Waals surface area contributed by atoms with Gasteiger partial charge < -0.3 is 9.15 Å². The maximum atomic E-state index is 5.79. The number of morpholine rings is 1. The molecule has 4 heterocycles. The van der Waals surface area contributed by atoms with Crippen LogP contribution in [0.4, 0.5) is 0 Å². The first-order chi connectivity index (χ1) is 11.2. The van der Waals surface area contributed by atoms with E-state index in [1.165, 1.54) is 0 Å². The van der Waals surface area contributed by atoms with Crippen molar-refractivity contribution >= 4 is 5.52 Å². The Morgan fingerprint density at radius 1 is 1.17 bits per heavy atom. The molecule has 7 heteroatoms. The minimum absolute atomic E-state index is 0.222. The van der Waals surface area contributed by atoms with Crippen LogP contribution in [0.1, 0.15) is 19.7 Å². The van der Waals surface area contributed by atoms with E-state index in [0.717, 1.165) is 18.6 Å². The molecule has 0 spiro atoms. The highest BCUT2D eigenvalue weighted by Gasteiger charge is 2.24. The molecule has 23 heavy (non-hydrogen) atoms. The summed E-state index contributed by atoms with van der Waals surface area (Å²) in [4.78, 5) is 2.28. The van der Waals surface area contributed by atoms with Gasteiger partial charge in [0.25, 0.3) is 5.89 Å². The van der Waals surface area contributed by atoms with E-state index in [1.54, 1.807) is 4.52 Å². The van der Waals surface area contributed by atoms with Crippen molar-refractivity contribution in [1.82, 2.24) is 24.7 Å². The zero-order chi connectivity index (χ0) is 15.8. The topological polar surface area (TPSA) is 68.7 Å². The van der Waals surface area contributed by atoms with Gasteiger partial charge in [0.15, 0.2) is 5.69 Å². The van der Waals surface area contributed by atoms with Crippen molar-refractivity contribution < 1.29 is 9.15 Å². The minimum Gasteiger partial charge on any atom is -0.418 e. The summed E-state index contributed by atoms with van der Waals surface area (Å²) < 4.78 is 13.3. The lowest BCUT2D eigenvalue weighted by molar-refractivity contribution is -0.0721. The quantitative estimate of drug-likeness (QED) is 0.736. The van der Waals surface area contributed by atoms with Gasteiger partial charge in [0.2, 0.25) is 5.89 Å². The zero-order valence-corrected chi connectivity index (χ0v) is 13.2. The van der Waals surface area contributed by atoms with E-state index in [-0.39, 0.29) is 12.2 Å². The van der Waals surface area contributed by atoms with Crippen LogP contribution in [0.25, 0.3) is 17.1 Å². The van der Waals surface area contributed by atoms with Gasteiger partial charge in [-0.2, -0.15) is 5.10 Å². The van der Waals surface area contributed by atoms with Crippen molar-refractivity contribution in [2.24, 2.45) is 0 Å². The van der Waals surface area contributed by atoms with Crippen LogP contribution < -0.4 is 0 Å². The van der Waals surface area contributed by atoms with Crippen molar-refractivity contribution in [3.05, 3.63) is 36.4 Å². The molecular weight excluding hydrogens is 294 g/mol. The highest BCUT2D eigenvalue weighted by Crippen LogP contribution is 2.20. The van der Waals surface area contributed by atoms with Crippen molar-refractivity contribution in [3.63, 3.8) is 0 Å². The summed E-state index contributed by atoms with van der Waals surface area (Å²) in [5, 5.41) is 12.7. The Morgan fingerprint density at radius 3 is 2.78 bits per heavy atom. The third-order valence-electron chi connectivity index (χ3n) is 3.91. The van der Waals surface area contributed by atoms with E-state index in [0.29, 0.717) is 24.0 Å². The summed E-state index contributed by atoms with van der Waals surface area (Å²) in [5.74, 6) is 1.07. The second-order valence-electron chi connectivity index (χ2n) is 6.05. The van der Waals surface area contributed by atoms with E-state index in [4.69, 9.17) is 9.15 Å². The third-order valence-corrected chi connectivity index (χ3v) is 3.91. The van der Waals surface area contributed by atoms with Crippen molar-refractivity contribution in [3.8, 4) is 11.6 Å². The second kappa shape index (κ2) is 5.75.